The molecule has 0 saturated heterocycles. The Kier molecular flexibility index (Phi) is 5.54. The Morgan fingerprint density at radius 1 is 1.29 bits per heavy atom. The van der Waals surface area contributed by atoms with Crippen LogP contribution in [-0.4, -0.2) is 31.9 Å². The summed E-state index contributed by atoms with van der Waals surface area (Å²) in [5.41, 5.74) is 0.705. The first-order valence-electron chi connectivity index (χ1n) is 7.12. The van der Waals surface area contributed by atoms with Crippen LogP contribution in [0.1, 0.15) is 32.3 Å². The van der Waals surface area contributed by atoms with E-state index in [4.69, 9.17) is 23.2 Å². The second kappa shape index (κ2) is 6.84. The summed E-state index contributed by atoms with van der Waals surface area (Å²) in [5.74, 6) is 0. The van der Waals surface area contributed by atoms with Crippen LogP contribution in [0.15, 0.2) is 17.0 Å². The number of sulfonamides is 1. The van der Waals surface area contributed by atoms with Gasteiger partial charge < -0.3 is 5.32 Å². The van der Waals surface area contributed by atoms with Gasteiger partial charge in [-0.1, -0.05) is 37.0 Å². The highest BCUT2D eigenvalue weighted by atomic mass is 35.5. The molecule has 1 N–H and O–H groups in total. The number of nitrogens with zero attached hydrogens (tertiary/aromatic N) is 1. The predicted molar refractivity (Wildman–Crippen MR) is 86.4 cm³/mol. The molecule has 1 fully saturated rings. The molecule has 1 saturated carbocycles. The van der Waals surface area contributed by atoms with Gasteiger partial charge >= 0.3 is 0 Å². The van der Waals surface area contributed by atoms with Crippen LogP contribution in [0, 0.1) is 0 Å². The first-order valence-corrected chi connectivity index (χ1v) is 9.31. The zero-order valence-electron chi connectivity index (χ0n) is 12.2. The normalized spacial score (nSPS) is 15.7. The Hall–Kier alpha value is -0.330. The van der Waals surface area contributed by atoms with Crippen molar-refractivity contribution in [3.05, 3.63) is 27.7 Å². The summed E-state index contributed by atoms with van der Waals surface area (Å²) in [6.07, 6.45) is 1.82. The number of hydrogen-bond donors (Lipinski definition) is 1. The van der Waals surface area contributed by atoms with Crippen LogP contribution in [0.25, 0.3) is 0 Å². The predicted octanol–water partition coefficient (Wildman–Crippen LogP) is 3.28. The van der Waals surface area contributed by atoms with Crippen LogP contribution >= 0.6 is 23.2 Å². The lowest BCUT2D eigenvalue weighted by Crippen LogP contribution is -2.33. The SMILES string of the molecule is CCNCc1cc(Cl)cc(S(=O)(=O)N(CC)C2CC2)c1Cl. The molecule has 0 atom stereocenters. The van der Waals surface area contributed by atoms with Gasteiger partial charge in [0.15, 0.2) is 0 Å². The number of hydrogen-bond acceptors (Lipinski definition) is 3. The summed E-state index contributed by atoms with van der Waals surface area (Å²) < 4.78 is 27.1. The fourth-order valence-electron chi connectivity index (χ4n) is 2.31. The van der Waals surface area contributed by atoms with Crippen LogP contribution in [0.5, 0.6) is 0 Å². The lowest BCUT2D eigenvalue weighted by atomic mass is 10.2. The third-order valence-corrected chi connectivity index (χ3v) is 6.33. The molecule has 0 aromatic heterocycles. The summed E-state index contributed by atoms with van der Waals surface area (Å²) >= 11 is 12.4. The Balaban J connectivity index is 2.44. The van der Waals surface area contributed by atoms with Crippen LogP contribution in [-0.2, 0) is 16.6 Å². The minimum absolute atomic E-state index is 0.104. The van der Waals surface area contributed by atoms with Crippen molar-refractivity contribution in [2.45, 2.75) is 44.2 Å². The highest BCUT2D eigenvalue weighted by Gasteiger charge is 2.38. The summed E-state index contributed by atoms with van der Waals surface area (Å²) in [6.45, 7) is 5.52. The van der Waals surface area contributed by atoms with Gasteiger partial charge in [0.1, 0.15) is 4.90 Å². The van der Waals surface area contributed by atoms with Crippen molar-refractivity contribution in [1.82, 2.24) is 9.62 Å². The molecular formula is C14H20Cl2N2O2S. The number of benzene rings is 1. The quantitative estimate of drug-likeness (QED) is 0.820. The second-order valence-corrected chi connectivity index (χ2v) is 7.77. The third kappa shape index (κ3) is 3.71. The van der Waals surface area contributed by atoms with Gasteiger partial charge in [-0.3, -0.25) is 0 Å². The van der Waals surface area contributed by atoms with E-state index in [-0.39, 0.29) is 16.0 Å². The molecule has 1 aliphatic carbocycles. The van der Waals surface area contributed by atoms with Crippen molar-refractivity contribution in [1.29, 1.82) is 0 Å². The Labute approximate surface area is 136 Å². The van der Waals surface area contributed by atoms with Gasteiger partial charge in [-0.15, -0.1) is 0 Å². The summed E-state index contributed by atoms with van der Waals surface area (Å²) in [5, 5.41) is 3.79. The molecule has 7 heteroatoms. The van der Waals surface area contributed by atoms with Crippen molar-refractivity contribution in [3.63, 3.8) is 0 Å². The molecule has 0 amide bonds. The smallest absolute Gasteiger partial charge is 0.244 e. The molecule has 0 aliphatic heterocycles. The molecule has 21 heavy (non-hydrogen) atoms. The standard InChI is InChI=1S/C14H20Cl2N2O2S/c1-3-17-9-10-7-11(15)8-13(14(10)16)21(19,20)18(4-2)12-5-6-12/h7-8,12,17H,3-6,9H2,1-2H3. The monoisotopic (exact) mass is 350 g/mol. The zero-order valence-corrected chi connectivity index (χ0v) is 14.5. The van der Waals surface area contributed by atoms with Gasteiger partial charge in [-0.25, -0.2) is 8.42 Å². The van der Waals surface area contributed by atoms with E-state index < -0.39 is 10.0 Å². The second-order valence-electron chi connectivity index (χ2n) is 5.10. The Bertz CT molecular complexity index is 616. The van der Waals surface area contributed by atoms with E-state index in [0.717, 1.165) is 19.4 Å². The molecule has 2 rings (SSSR count). The fourth-order valence-corrected chi connectivity index (χ4v) is 4.91. The molecule has 118 valence electrons. The van der Waals surface area contributed by atoms with Crippen LogP contribution in [0.4, 0.5) is 0 Å². The maximum Gasteiger partial charge on any atom is 0.244 e. The fraction of sp³-hybridized carbons (Fsp3) is 0.571. The molecule has 1 aromatic rings. The minimum Gasteiger partial charge on any atom is -0.313 e. The molecule has 4 nitrogen and oxygen atoms in total. The van der Waals surface area contributed by atoms with Crippen LogP contribution in [0.3, 0.4) is 0 Å². The van der Waals surface area contributed by atoms with Crippen molar-refractivity contribution in [2.75, 3.05) is 13.1 Å². The van der Waals surface area contributed by atoms with E-state index in [1.165, 1.54) is 10.4 Å². The lowest BCUT2D eigenvalue weighted by Gasteiger charge is -2.21. The largest absolute Gasteiger partial charge is 0.313 e. The number of nitrogens with one attached hydrogen (secondary N) is 1. The van der Waals surface area contributed by atoms with Gasteiger partial charge in [-0.05, 0) is 37.1 Å². The van der Waals surface area contributed by atoms with E-state index in [2.05, 4.69) is 5.32 Å². The van der Waals surface area contributed by atoms with Gasteiger partial charge in [0.05, 0.1) is 5.02 Å². The maximum absolute atomic E-state index is 12.8. The summed E-state index contributed by atoms with van der Waals surface area (Å²) in [6, 6.07) is 3.26. The van der Waals surface area contributed by atoms with Gasteiger partial charge in [0, 0.05) is 24.2 Å². The zero-order chi connectivity index (χ0) is 15.6. The summed E-state index contributed by atoms with van der Waals surface area (Å²) in [7, 11) is -3.60. The Morgan fingerprint density at radius 3 is 2.48 bits per heavy atom. The van der Waals surface area contributed by atoms with E-state index in [1.54, 1.807) is 6.07 Å². The highest BCUT2D eigenvalue weighted by Crippen LogP contribution is 2.36. The van der Waals surface area contributed by atoms with E-state index in [1.807, 2.05) is 13.8 Å². The maximum atomic E-state index is 12.8. The average molecular weight is 351 g/mol. The third-order valence-electron chi connectivity index (χ3n) is 3.50. The number of rotatable bonds is 7. The Morgan fingerprint density at radius 2 is 1.95 bits per heavy atom. The number of halogens is 2. The van der Waals surface area contributed by atoms with Gasteiger partial charge in [-0.2, -0.15) is 4.31 Å². The molecule has 0 bridgehead atoms. The van der Waals surface area contributed by atoms with Crippen LogP contribution in [0.2, 0.25) is 10.0 Å². The van der Waals surface area contributed by atoms with E-state index in [9.17, 15) is 8.42 Å². The van der Waals surface area contributed by atoms with Crippen molar-refractivity contribution in [3.8, 4) is 0 Å². The molecule has 0 heterocycles. The van der Waals surface area contributed by atoms with Crippen molar-refractivity contribution < 1.29 is 8.42 Å². The van der Waals surface area contributed by atoms with Crippen LogP contribution < -0.4 is 5.32 Å². The average Bonchev–Trinajstić information content (AvgIpc) is 3.24. The highest BCUT2D eigenvalue weighted by molar-refractivity contribution is 7.89. The molecule has 0 unspecified atom stereocenters. The first kappa shape index (κ1) is 17.0. The topological polar surface area (TPSA) is 49.4 Å². The lowest BCUT2D eigenvalue weighted by molar-refractivity contribution is 0.421. The molecule has 1 aliphatic rings. The minimum atomic E-state index is -3.60. The first-order chi connectivity index (χ1) is 9.91. The van der Waals surface area contributed by atoms with Gasteiger partial charge in [0.2, 0.25) is 10.0 Å². The van der Waals surface area contributed by atoms with Gasteiger partial charge in [0.25, 0.3) is 0 Å². The molecular weight excluding hydrogens is 331 g/mol. The summed E-state index contributed by atoms with van der Waals surface area (Å²) in [4.78, 5) is 0.110. The molecule has 0 spiro atoms. The van der Waals surface area contributed by atoms with Crippen molar-refractivity contribution in [2.24, 2.45) is 0 Å². The molecule has 0 radical (unpaired) electrons. The molecule has 1 aromatic carbocycles. The van der Waals surface area contributed by atoms with Crippen molar-refractivity contribution >= 4 is 33.2 Å². The van der Waals surface area contributed by atoms with E-state index >= 15 is 0 Å². The van der Waals surface area contributed by atoms with E-state index in [0.29, 0.717) is 23.7 Å².